The molecule has 1 aromatic rings. The SMILES string of the molecule is CCCNC1(C#N)CCCC(Sc2nncn2C)C1. The second-order valence-electron chi connectivity index (χ2n) is 5.18. The van der Waals surface area contributed by atoms with E-state index in [4.69, 9.17) is 0 Å². The molecule has 1 fully saturated rings. The highest BCUT2D eigenvalue weighted by Crippen LogP contribution is 2.37. The van der Waals surface area contributed by atoms with Gasteiger partial charge in [0.1, 0.15) is 11.9 Å². The lowest BCUT2D eigenvalue weighted by Gasteiger charge is -2.36. The molecule has 104 valence electrons. The smallest absolute Gasteiger partial charge is 0.191 e. The molecule has 0 radical (unpaired) electrons. The Hall–Kier alpha value is -1.06. The highest BCUT2D eigenvalue weighted by Gasteiger charge is 2.36. The van der Waals surface area contributed by atoms with E-state index in [0.717, 1.165) is 43.8 Å². The number of hydrogen-bond donors (Lipinski definition) is 1. The van der Waals surface area contributed by atoms with Gasteiger partial charge in [0.2, 0.25) is 0 Å². The Kier molecular flexibility index (Phi) is 4.83. The topological polar surface area (TPSA) is 66.5 Å². The summed E-state index contributed by atoms with van der Waals surface area (Å²) in [4.78, 5) is 0. The van der Waals surface area contributed by atoms with Crippen LogP contribution in [0.15, 0.2) is 11.5 Å². The molecule has 1 aliphatic rings. The van der Waals surface area contributed by atoms with Crippen molar-refractivity contribution in [2.24, 2.45) is 7.05 Å². The molecule has 0 aromatic carbocycles. The van der Waals surface area contributed by atoms with E-state index in [0.29, 0.717) is 5.25 Å². The minimum Gasteiger partial charge on any atom is -0.312 e. The van der Waals surface area contributed by atoms with Crippen LogP contribution < -0.4 is 5.32 Å². The van der Waals surface area contributed by atoms with Gasteiger partial charge >= 0.3 is 0 Å². The van der Waals surface area contributed by atoms with Crippen LogP contribution in [-0.4, -0.2) is 32.1 Å². The fourth-order valence-corrected chi connectivity index (χ4v) is 3.78. The van der Waals surface area contributed by atoms with Crippen LogP contribution in [0.5, 0.6) is 0 Å². The molecule has 0 aliphatic heterocycles. The monoisotopic (exact) mass is 279 g/mol. The van der Waals surface area contributed by atoms with Crippen molar-refractivity contribution in [2.75, 3.05) is 6.54 Å². The van der Waals surface area contributed by atoms with E-state index in [1.807, 2.05) is 11.6 Å². The first-order valence-electron chi connectivity index (χ1n) is 6.86. The molecule has 2 atom stereocenters. The lowest BCUT2D eigenvalue weighted by molar-refractivity contribution is 0.304. The number of thioether (sulfide) groups is 1. The van der Waals surface area contributed by atoms with Crippen LogP contribution in [0.1, 0.15) is 39.0 Å². The number of nitrogens with one attached hydrogen (secondary N) is 1. The second kappa shape index (κ2) is 6.40. The van der Waals surface area contributed by atoms with E-state index < -0.39 is 0 Å². The molecule has 0 amide bonds. The Balaban J connectivity index is 2.00. The number of rotatable bonds is 5. The van der Waals surface area contributed by atoms with E-state index in [1.54, 1.807) is 18.1 Å². The van der Waals surface area contributed by atoms with Gasteiger partial charge < -0.3 is 4.57 Å². The molecular formula is C13H21N5S. The van der Waals surface area contributed by atoms with Gasteiger partial charge in [0.15, 0.2) is 5.16 Å². The highest BCUT2D eigenvalue weighted by atomic mass is 32.2. The molecule has 1 aliphatic carbocycles. The molecule has 1 heterocycles. The van der Waals surface area contributed by atoms with Crippen molar-refractivity contribution < 1.29 is 0 Å². The van der Waals surface area contributed by atoms with Crippen LogP contribution in [0, 0.1) is 11.3 Å². The van der Waals surface area contributed by atoms with Crippen molar-refractivity contribution in [1.82, 2.24) is 20.1 Å². The lowest BCUT2D eigenvalue weighted by atomic mass is 9.82. The number of aromatic nitrogens is 3. The third-order valence-electron chi connectivity index (χ3n) is 3.58. The largest absolute Gasteiger partial charge is 0.312 e. The lowest BCUT2D eigenvalue weighted by Crippen LogP contribution is -2.48. The first-order valence-corrected chi connectivity index (χ1v) is 7.74. The summed E-state index contributed by atoms with van der Waals surface area (Å²) >= 11 is 1.75. The van der Waals surface area contributed by atoms with Crippen molar-refractivity contribution in [2.45, 2.75) is 55.0 Å². The molecule has 1 N–H and O–H groups in total. The van der Waals surface area contributed by atoms with Crippen molar-refractivity contribution in [3.05, 3.63) is 6.33 Å². The highest BCUT2D eigenvalue weighted by molar-refractivity contribution is 7.99. The Morgan fingerprint density at radius 2 is 2.53 bits per heavy atom. The summed E-state index contributed by atoms with van der Waals surface area (Å²) in [6.45, 7) is 3.04. The first kappa shape index (κ1) is 14.4. The fraction of sp³-hybridized carbons (Fsp3) is 0.769. The molecule has 1 saturated carbocycles. The normalized spacial score (nSPS) is 27.1. The average molecular weight is 279 g/mol. The van der Waals surface area contributed by atoms with E-state index in [9.17, 15) is 5.26 Å². The Labute approximate surface area is 118 Å². The van der Waals surface area contributed by atoms with E-state index in [-0.39, 0.29) is 5.54 Å². The van der Waals surface area contributed by atoms with Gasteiger partial charge in [0.05, 0.1) is 6.07 Å². The van der Waals surface area contributed by atoms with Gasteiger partial charge in [-0.2, -0.15) is 5.26 Å². The second-order valence-corrected chi connectivity index (χ2v) is 6.45. The summed E-state index contributed by atoms with van der Waals surface area (Å²) in [7, 11) is 1.96. The molecule has 19 heavy (non-hydrogen) atoms. The van der Waals surface area contributed by atoms with Gasteiger partial charge in [0, 0.05) is 12.3 Å². The Morgan fingerprint density at radius 3 is 3.16 bits per heavy atom. The van der Waals surface area contributed by atoms with Gasteiger partial charge in [-0.3, -0.25) is 5.32 Å². The molecule has 0 saturated heterocycles. The molecule has 2 rings (SSSR count). The van der Waals surface area contributed by atoms with Gasteiger partial charge in [-0.25, -0.2) is 0 Å². The maximum atomic E-state index is 9.51. The third kappa shape index (κ3) is 3.48. The molecule has 1 aromatic heterocycles. The van der Waals surface area contributed by atoms with Crippen LogP contribution in [0.3, 0.4) is 0 Å². The third-order valence-corrected chi connectivity index (χ3v) is 4.89. The summed E-state index contributed by atoms with van der Waals surface area (Å²) in [5, 5.41) is 22.4. The van der Waals surface area contributed by atoms with Crippen LogP contribution in [0.25, 0.3) is 0 Å². The maximum Gasteiger partial charge on any atom is 0.191 e. The van der Waals surface area contributed by atoms with Crippen LogP contribution >= 0.6 is 11.8 Å². The van der Waals surface area contributed by atoms with E-state index in [1.165, 1.54) is 0 Å². The number of nitrogens with zero attached hydrogens (tertiary/aromatic N) is 4. The quantitative estimate of drug-likeness (QED) is 0.894. The summed E-state index contributed by atoms with van der Waals surface area (Å²) in [6.07, 6.45) is 6.87. The van der Waals surface area contributed by atoms with Crippen LogP contribution in [-0.2, 0) is 7.05 Å². The zero-order chi connectivity index (χ0) is 13.7. The van der Waals surface area contributed by atoms with Gasteiger partial charge in [-0.15, -0.1) is 10.2 Å². The van der Waals surface area contributed by atoms with Gasteiger partial charge in [0.25, 0.3) is 0 Å². The summed E-state index contributed by atoms with van der Waals surface area (Å²) in [5.74, 6) is 0. The van der Waals surface area contributed by atoms with Gasteiger partial charge in [-0.1, -0.05) is 18.7 Å². The zero-order valence-corrected chi connectivity index (χ0v) is 12.4. The average Bonchev–Trinajstić information content (AvgIpc) is 2.82. The molecular weight excluding hydrogens is 258 g/mol. The zero-order valence-electron chi connectivity index (χ0n) is 11.6. The van der Waals surface area contributed by atoms with E-state index >= 15 is 0 Å². The van der Waals surface area contributed by atoms with Crippen LogP contribution in [0.2, 0.25) is 0 Å². The number of aryl methyl sites for hydroxylation is 1. The number of hydrogen-bond acceptors (Lipinski definition) is 5. The predicted molar refractivity (Wildman–Crippen MR) is 75.8 cm³/mol. The van der Waals surface area contributed by atoms with Crippen molar-refractivity contribution in [3.63, 3.8) is 0 Å². The first-order chi connectivity index (χ1) is 9.19. The summed E-state index contributed by atoms with van der Waals surface area (Å²) in [6, 6.07) is 2.51. The molecule has 5 nitrogen and oxygen atoms in total. The minimum atomic E-state index is -0.343. The Bertz CT molecular complexity index is 452. The summed E-state index contributed by atoms with van der Waals surface area (Å²) in [5.41, 5.74) is -0.343. The Morgan fingerprint density at radius 1 is 1.68 bits per heavy atom. The minimum absolute atomic E-state index is 0.343. The maximum absolute atomic E-state index is 9.51. The van der Waals surface area contributed by atoms with Crippen LogP contribution in [0.4, 0.5) is 0 Å². The standard InChI is InChI=1S/C13H21N5S/c1-3-7-15-13(9-14)6-4-5-11(8-13)19-12-17-16-10-18(12)2/h10-11,15H,3-8H2,1-2H3. The van der Waals surface area contributed by atoms with Gasteiger partial charge in [-0.05, 0) is 38.6 Å². The summed E-state index contributed by atoms with van der Waals surface area (Å²) < 4.78 is 1.94. The van der Waals surface area contributed by atoms with E-state index in [2.05, 4.69) is 28.5 Å². The van der Waals surface area contributed by atoms with Crippen molar-refractivity contribution in [3.8, 4) is 6.07 Å². The molecule has 2 unspecified atom stereocenters. The molecule has 0 spiro atoms. The predicted octanol–water partition coefficient (Wildman–Crippen LogP) is 2.11. The fourth-order valence-electron chi connectivity index (χ4n) is 2.52. The molecule has 0 bridgehead atoms. The number of nitriles is 1. The molecule has 6 heteroatoms. The van der Waals surface area contributed by atoms with Crippen molar-refractivity contribution in [1.29, 1.82) is 5.26 Å². The van der Waals surface area contributed by atoms with Crippen molar-refractivity contribution >= 4 is 11.8 Å².